The number of benzene rings is 1. The van der Waals surface area contributed by atoms with E-state index in [1.54, 1.807) is 34.8 Å². The molecule has 26 heavy (non-hydrogen) atoms. The Labute approximate surface area is 154 Å². The molecular weight excluding hydrogens is 348 g/mol. The number of aromatic nitrogens is 3. The summed E-state index contributed by atoms with van der Waals surface area (Å²) in [7, 11) is -3.71. The summed E-state index contributed by atoms with van der Waals surface area (Å²) in [6.45, 7) is 6.17. The van der Waals surface area contributed by atoms with Crippen LogP contribution in [0, 0.1) is 13.8 Å². The fourth-order valence-electron chi connectivity index (χ4n) is 3.18. The Morgan fingerprint density at radius 3 is 2.46 bits per heavy atom. The lowest BCUT2D eigenvalue weighted by Crippen LogP contribution is -2.10. The molecule has 7 heteroatoms. The molecule has 0 aliphatic heterocycles. The van der Waals surface area contributed by atoms with Crippen LogP contribution in [0.2, 0.25) is 0 Å². The van der Waals surface area contributed by atoms with E-state index in [4.69, 9.17) is 5.73 Å². The zero-order valence-electron chi connectivity index (χ0n) is 15.4. The Hall–Kier alpha value is -2.25. The lowest BCUT2D eigenvalue weighted by Gasteiger charge is -2.09. The van der Waals surface area contributed by atoms with Crippen molar-refractivity contribution in [3.05, 3.63) is 53.0 Å². The highest BCUT2D eigenvalue weighted by atomic mass is 32.2. The Balaban J connectivity index is 2.35. The Morgan fingerprint density at radius 2 is 1.85 bits per heavy atom. The van der Waals surface area contributed by atoms with Crippen LogP contribution < -0.4 is 5.73 Å². The fraction of sp³-hybridized carbons (Fsp3) is 0.368. The molecule has 2 heterocycles. The van der Waals surface area contributed by atoms with Gasteiger partial charge in [-0.2, -0.15) is 5.10 Å². The van der Waals surface area contributed by atoms with E-state index >= 15 is 0 Å². The van der Waals surface area contributed by atoms with Gasteiger partial charge in [0.15, 0.2) is 5.65 Å². The summed E-state index contributed by atoms with van der Waals surface area (Å²) in [4.78, 5) is 5.04. The van der Waals surface area contributed by atoms with Crippen LogP contribution in [-0.2, 0) is 22.8 Å². The summed E-state index contributed by atoms with van der Waals surface area (Å²) in [6.07, 6.45) is 2.42. The van der Waals surface area contributed by atoms with E-state index in [1.165, 1.54) is 0 Å². The SMILES string of the molecule is CCCCc1nn2c(C)c(CN)c(C)nc2c1S(=O)(=O)c1ccccc1. The van der Waals surface area contributed by atoms with E-state index in [1.807, 2.05) is 13.8 Å². The number of aryl methyl sites for hydroxylation is 3. The molecule has 0 radical (unpaired) electrons. The van der Waals surface area contributed by atoms with E-state index in [0.29, 0.717) is 24.3 Å². The molecule has 0 unspecified atom stereocenters. The van der Waals surface area contributed by atoms with Crippen molar-refractivity contribution < 1.29 is 8.42 Å². The van der Waals surface area contributed by atoms with Crippen LogP contribution in [0.3, 0.4) is 0 Å². The van der Waals surface area contributed by atoms with E-state index < -0.39 is 9.84 Å². The van der Waals surface area contributed by atoms with Gasteiger partial charge in [0, 0.05) is 23.5 Å². The molecule has 0 aliphatic carbocycles. The second-order valence-corrected chi connectivity index (χ2v) is 8.28. The highest BCUT2D eigenvalue weighted by Gasteiger charge is 2.29. The van der Waals surface area contributed by atoms with Crippen molar-refractivity contribution in [2.75, 3.05) is 0 Å². The van der Waals surface area contributed by atoms with Crippen LogP contribution in [0.25, 0.3) is 5.65 Å². The van der Waals surface area contributed by atoms with Crippen molar-refractivity contribution in [1.82, 2.24) is 14.6 Å². The van der Waals surface area contributed by atoms with Crippen molar-refractivity contribution in [1.29, 1.82) is 0 Å². The summed E-state index contributed by atoms with van der Waals surface area (Å²) in [5.74, 6) is 0. The van der Waals surface area contributed by atoms with Crippen molar-refractivity contribution in [3.63, 3.8) is 0 Å². The minimum atomic E-state index is -3.71. The molecule has 0 aliphatic rings. The summed E-state index contributed by atoms with van der Waals surface area (Å²) >= 11 is 0. The molecule has 3 rings (SSSR count). The topological polar surface area (TPSA) is 90.3 Å². The molecule has 138 valence electrons. The predicted octanol–water partition coefficient (Wildman–Crippen LogP) is 2.98. The third-order valence-corrected chi connectivity index (χ3v) is 6.49. The van der Waals surface area contributed by atoms with Gasteiger partial charge in [-0.05, 0) is 38.8 Å². The Morgan fingerprint density at radius 1 is 1.15 bits per heavy atom. The zero-order chi connectivity index (χ0) is 18.9. The van der Waals surface area contributed by atoms with Crippen molar-refractivity contribution >= 4 is 15.5 Å². The minimum absolute atomic E-state index is 0.215. The molecule has 0 amide bonds. The molecule has 0 atom stereocenters. The molecule has 3 aromatic rings. The van der Waals surface area contributed by atoms with Gasteiger partial charge in [-0.25, -0.2) is 17.9 Å². The third-order valence-electron chi connectivity index (χ3n) is 4.64. The fourth-order valence-corrected chi connectivity index (χ4v) is 4.76. The average molecular weight is 372 g/mol. The number of rotatable bonds is 6. The number of nitrogens with two attached hydrogens (primary N) is 1. The maximum absolute atomic E-state index is 13.4. The molecule has 0 bridgehead atoms. The zero-order valence-corrected chi connectivity index (χ0v) is 16.2. The largest absolute Gasteiger partial charge is 0.326 e. The first-order valence-electron chi connectivity index (χ1n) is 8.79. The molecule has 0 fully saturated rings. The van der Waals surface area contributed by atoms with E-state index in [2.05, 4.69) is 17.0 Å². The molecule has 2 N–H and O–H groups in total. The summed E-state index contributed by atoms with van der Waals surface area (Å²) in [6, 6.07) is 8.46. The van der Waals surface area contributed by atoms with Crippen LogP contribution in [-0.4, -0.2) is 23.0 Å². The molecular formula is C19H24N4O2S. The van der Waals surface area contributed by atoms with Crippen molar-refractivity contribution in [2.45, 2.75) is 56.4 Å². The lowest BCUT2D eigenvalue weighted by molar-refractivity contribution is 0.595. The first-order chi connectivity index (χ1) is 12.4. The molecule has 0 saturated heterocycles. The van der Waals surface area contributed by atoms with Gasteiger partial charge in [0.1, 0.15) is 4.90 Å². The first kappa shape index (κ1) is 18.5. The third kappa shape index (κ3) is 3.01. The molecule has 0 spiro atoms. The average Bonchev–Trinajstić information content (AvgIpc) is 3.00. The number of hydrogen-bond acceptors (Lipinski definition) is 5. The first-order valence-corrected chi connectivity index (χ1v) is 10.3. The van der Waals surface area contributed by atoms with E-state index in [9.17, 15) is 8.42 Å². The van der Waals surface area contributed by atoms with Gasteiger partial charge in [0.2, 0.25) is 9.84 Å². The maximum atomic E-state index is 13.4. The van der Waals surface area contributed by atoms with Crippen molar-refractivity contribution in [3.8, 4) is 0 Å². The van der Waals surface area contributed by atoms with E-state index in [-0.39, 0.29) is 9.79 Å². The monoisotopic (exact) mass is 372 g/mol. The number of sulfone groups is 1. The van der Waals surface area contributed by atoms with Gasteiger partial charge in [-0.1, -0.05) is 31.5 Å². The molecule has 0 saturated carbocycles. The van der Waals surface area contributed by atoms with Gasteiger partial charge in [0.25, 0.3) is 0 Å². The van der Waals surface area contributed by atoms with Gasteiger partial charge in [0.05, 0.1) is 10.6 Å². The number of fused-ring (bicyclic) bond motifs is 1. The Bertz CT molecular complexity index is 1040. The summed E-state index contributed by atoms with van der Waals surface area (Å²) < 4.78 is 28.3. The number of unbranched alkanes of at least 4 members (excludes halogenated alkanes) is 1. The van der Waals surface area contributed by atoms with E-state index in [0.717, 1.165) is 29.8 Å². The van der Waals surface area contributed by atoms with Crippen LogP contribution in [0.15, 0.2) is 40.1 Å². The van der Waals surface area contributed by atoms with Crippen LogP contribution in [0.5, 0.6) is 0 Å². The second kappa shape index (κ2) is 7.17. The van der Waals surface area contributed by atoms with Crippen LogP contribution >= 0.6 is 0 Å². The van der Waals surface area contributed by atoms with Gasteiger partial charge in [-0.15, -0.1) is 0 Å². The smallest absolute Gasteiger partial charge is 0.212 e. The van der Waals surface area contributed by atoms with Crippen molar-refractivity contribution in [2.24, 2.45) is 5.73 Å². The highest BCUT2D eigenvalue weighted by Crippen LogP contribution is 2.30. The maximum Gasteiger partial charge on any atom is 0.212 e. The predicted molar refractivity (Wildman–Crippen MR) is 101 cm³/mol. The second-order valence-electron chi connectivity index (χ2n) is 6.40. The van der Waals surface area contributed by atoms with Gasteiger partial charge >= 0.3 is 0 Å². The summed E-state index contributed by atoms with van der Waals surface area (Å²) in [5.41, 5.74) is 9.27. The van der Waals surface area contributed by atoms with Gasteiger partial charge in [-0.3, -0.25) is 0 Å². The standard InChI is InChI=1S/C19H24N4O2S/c1-4-5-11-17-18(26(24,25)15-9-7-6-8-10-15)19-21-13(2)16(12-20)14(3)23(19)22-17/h6-10H,4-5,11-12,20H2,1-3H3. The normalized spacial score (nSPS) is 12.0. The summed E-state index contributed by atoms with van der Waals surface area (Å²) in [5, 5.41) is 4.61. The van der Waals surface area contributed by atoms with Crippen LogP contribution in [0.1, 0.15) is 42.4 Å². The van der Waals surface area contributed by atoms with Gasteiger partial charge < -0.3 is 5.73 Å². The van der Waals surface area contributed by atoms with Crippen LogP contribution in [0.4, 0.5) is 0 Å². The number of nitrogens with zero attached hydrogens (tertiary/aromatic N) is 3. The molecule has 6 nitrogen and oxygen atoms in total. The number of hydrogen-bond donors (Lipinski definition) is 1. The minimum Gasteiger partial charge on any atom is -0.326 e. The lowest BCUT2D eigenvalue weighted by atomic mass is 10.2. The Kier molecular flexibility index (Phi) is 5.11. The highest BCUT2D eigenvalue weighted by molar-refractivity contribution is 7.91. The quantitative estimate of drug-likeness (QED) is 0.718. The molecule has 1 aromatic carbocycles. The molecule has 2 aromatic heterocycles.